The Hall–Kier alpha value is -2.58. The molecule has 2 atom stereocenters. The van der Waals surface area contributed by atoms with Crippen molar-refractivity contribution in [2.75, 3.05) is 6.54 Å². The van der Waals surface area contributed by atoms with E-state index < -0.39 is 35.5 Å². The Morgan fingerprint density at radius 3 is 2.61 bits per heavy atom. The molecule has 166 valence electrons. The predicted octanol–water partition coefficient (Wildman–Crippen LogP) is 6.37. The van der Waals surface area contributed by atoms with E-state index in [9.17, 15) is 26.3 Å². The number of rotatable bonds is 3. The van der Waals surface area contributed by atoms with E-state index in [-0.39, 0.29) is 11.6 Å². The molecule has 3 aliphatic rings. The molecule has 0 saturated heterocycles. The molecule has 0 N–H and O–H groups in total. The molecule has 0 spiro atoms. The van der Waals surface area contributed by atoms with Gasteiger partial charge in [0.2, 0.25) is 0 Å². The zero-order valence-electron chi connectivity index (χ0n) is 16.6. The van der Waals surface area contributed by atoms with E-state index >= 15 is 0 Å². The Morgan fingerprint density at radius 2 is 1.94 bits per heavy atom. The lowest BCUT2D eigenvalue weighted by Gasteiger charge is -2.30. The van der Waals surface area contributed by atoms with Crippen molar-refractivity contribution in [3.63, 3.8) is 0 Å². The zero-order valence-corrected chi connectivity index (χ0v) is 16.6. The molecular formula is C22H20F6N2O. The van der Waals surface area contributed by atoms with Crippen molar-refractivity contribution in [2.24, 2.45) is 16.1 Å². The van der Waals surface area contributed by atoms with Gasteiger partial charge < -0.3 is 4.84 Å². The molecule has 1 aliphatic heterocycles. The average molecular weight is 442 g/mol. The van der Waals surface area contributed by atoms with Crippen LogP contribution in [-0.2, 0) is 16.6 Å². The fourth-order valence-corrected chi connectivity index (χ4v) is 4.41. The Morgan fingerprint density at radius 1 is 1.16 bits per heavy atom. The second-order valence-electron chi connectivity index (χ2n) is 7.88. The number of oxime groups is 1. The number of aliphatic imine (C=N–C) groups is 1. The summed E-state index contributed by atoms with van der Waals surface area (Å²) in [5, 5.41) is 3.70. The van der Waals surface area contributed by atoms with Crippen LogP contribution in [0.2, 0.25) is 0 Å². The van der Waals surface area contributed by atoms with Crippen molar-refractivity contribution in [1.82, 2.24) is 0 Å². The third kappa shape index (κ3) is 3.78. The van der Waals surface area contributed by atoms with Gasteiger partial charge >= 0.3 is 12.4 Å². The maximum atomic E-state index is 14.1. The molecule has 3 nitrogen and oxygen atoms in total. The van der Waals surface area contributed by atoms with Crippen LogP contribution in [0, 0.1) is 5.92 Å². The van der Waals surface area contributed by atoms with Crippen molar-refractivity contribution in [3.05, 3.63) is 58.7 Å². The van der Waals surface area contributed by atoms with Crippen LogP contribution < -0.4 is 0 Å². The highest BCUT2D eigenvalue weighted by Gasteiger charge is 2.62. The molecule has 1 aromatic rings. The van der Waals surface area contributed by atoms with Gasteiger partial charge in [0, 0.05) is 24.2 Å². The van der Waals surface area contributed by atoms with Crippen LogP contribution in [0.3, 0.4) is 0 Å². The monoisotopic (exact) mass is 442 g/mol. The van der Waals surface area contributed by atoms with Gasteiger partial charge in [0.05, 0.1) is 11.3 Å². The van der Waals surface area contributed by atoms with Crippen LogP contribution in [0.1, 0.15) is 43.7 Å². The van der Waals surface area contributed by atoms with Crippen LogP contribution in [0.4, 0.5) is 26.3 Å². The number of nitrogens with zero attached hydrogens (tertiary/aromatic N) is 2. The molecule has 1 saturated carbocycles. The summed E-state index contributed by atoms with van der Waals surface area (Å²) in [7, 11) is 0. The SMILES string of the molecule is CCN=C1CCC2CC(C3=NOC(c4cccc(C(F)(F)F)c4)(C(F)(F)F)C3)=CC=C12. The van der Waals surface area contributed by atoms with Gasteiger partial charge in [-0.2, -0.15) is 26.3 Å². The van der Waals surface area contributed by atoms with E-state index in [4.69, 9.17) is 4.84 Å². The molecule has 2 unspecified atom stereocenters. The maximum Gasteiger partial charge on any atom is 0.435 e. The summed E-state index contributed by atoms with van der Waals surface area (Å²) < 4.78 is 81.5. The lowest BCUT2D eigenvalue weighted by molar-refractivity contribution is -0.276. The molecule has 0 amide bonds. The summed E-state index contributed by atoms with van der Waals surface area (Å²) in [6, 6.07) is 3.17. The van der Waals surface area contributed by atoms with Crippen LogP contribution in [0.25, 0.3) is 0 Å². The third-order valence-corrected chi connectivity index (χ3v) is 5.99. The second kappa shape index (κ2) is 7.53. The topological polar surface area (TPSA) is 34.0 Å². The molecule has 4 rings (SSSR count). The molecule has 1 heterocycles. The number of hydrogen-bond acceptors (Lipinski definition) is 3. The third-order valence-electron chi connectivity index (χ3n) is 5.99. The molecule has 0 aromatic heterocycles. The van der Waals surface area contributed by atoms with Gasteiger partial charge in [-0.25, -0.2) is 0 Å². The van der Waals surface area contributed by atoms with Crippen LogP contribution in [0.15, 0.2) is 57.7 Å². The average Bonchev–Trinajstić information content (AvgIpc) is 3.33. The zero-order chi connectivity index (χ0) is 22.4. The summed E-state index contributed by atoms with van der Waals surface area (Å²) in [4.78, 5) is 9.38. The van der Waals surface area contributed by atoms with Gasteiger partial charge in [-0.1, -0.05) is 29.4 Å². The highest BCUT2D eigenvalue weighted by atomic mass is 19.4. The summed E-state index contributed by atoms with van der Waals surface area (Å²) in [6.45, 7) is 2.61. The van der Waals surface area contributed by atoms with E-state index in [0.29, 0.717) is 24.6 Å². The van der Waals surface area contributed by atoms with E-state index in [1.165, 1.54) is 0 Å². The number of alkyl halides is 6. The highest BCUT2D eigenvalue weighted by molar-refractivity contribution is 6.06. The highest BCUT2D eigenvalue weighted by Crippen LogP contribution is 2.50. The molecule has 2 aliphatic carbocycles. The van der Waals surface area contributed by atoms with Crippen LogP contribution >= 0.6 is 0 Å². The molecule has 31 heavy (non-hydrogen) atoms. The normalized spacial score (nSPS) is 27.5. The largest absolute Gasteiger partial charge is 0.435 e. The van der Waals surface area contributed by atoms with Gasteiger partial charge in [0.25, 0.3) is 5.60 Å². The van der Waals surface area contributed by atoms with E-state index in [1.807, 2.05) is 13.0 Å². The van der Waals surface area contributed by atoms with Gasteiger partial charge in [-0.15, -0.1) is 0 Å². The standard InChI is InChI=1S/C22H20F6N2O/c1-2-29-18-9-7-13-10-14(6-8-17(13)18)19-12-20(31-30-19,22(26,27)28)15-4-3-5-16(11-15)21(23,24)25/h3-6,8,11,13H,2,7,9-10,12H2,1H3. The lowest BCUT2D eigenvalue weighted by atomic mass is 9.81. The van der Waals surface area contributed by atoms with Crippen molar-refractivity contribution in [2.45, 2.75) is 50.6 Å². The minimum absolute atomic E-state index is 0.117. The van der Waals surface area contributed by atoms with Gasteiger partial charge in [-0.05, 0) is 55.4 Å². The van der Waals surface area contributed by atoms with Gasteiger partial charge in [-0.3, -0.25) is 4.99 Å². The quantitative estimate of drug-likeness (QED) is 0.501. The van der Waals surface area contributed by atoms with Crippen molar-refractivity contribution in [3.8, 4) is 0 Å². The fraction of sp³-hybridized carbons (Fsp3) is 0.455. The van der Waals surface area contributed by atoms with Gasteiger partial charge in [0.1, 0.15) is 0 Å². The van der Waals surface area contributed by atoms with Gasteiger partial charge in [0.15, 0.2) is 0 Å². The first-order chi connectivity index (χ1) is 14.5. The smallest absolute Gasteiger partial charge is 0.374 e. The first-order valence-electron chi connectivity index (χ1n) is 9.99. The van der Waals surface area contributed by atoms with Crippen LogP contribution in [0.5, 0.6) is 0 Å². The minimum atomic E-state index is -4.95. The van der Waals surface area contributed by atoms with E-state index in [0.717, 1.165) is 42.3 Å². The number of benzene rings is 1. The van der Waals surface area contributed by atoms with Crippen molar-refractivity contribution >= 4 is 11.4 Å². The minimum Gasteiger partial charge on any atom is -0.374 e. The van der Waals surface area contributed by atoms with Crippen molar-refractivity contribution in [1.29, 1.82) is 0 Å². The number of allylic oxidation sites excluding steroid dienone is 4. The summed E-state index contributed by atoms with van der Waals surface area (Å²) >= 11 is 0. The molecule has 1 aromatic carbocycles. The number of fused-ring (bicyclic) bond motifs is 1. The molecular weight excluding hydrogens is 422 g/mol. The molecule has 0 radical (unpaired) electrons. The second-order valence-corrected chi connectivity index (χ2v) is 7.88. The fourth-order valence-electron chi connectivity index (χ4n) is 4.41. The number of halogens is 6. The molecule has 0 bridgehead atoms. The Bertz CT molecular complexity index is 1000. The molecule has 1 fully saturated rings. The molecule has 9 heteroatoms. The number of hydrogen-bond donors (Lipinski definition) is 0. The van der Waals surface area contributed by atoms with E-state index in [2.05, 4.69) is 10.1 Å². The lowest BCUT2D eigenvalue weighted by Crippen LogP contribution is -2.43. The summed E-state index contributed by atoms with van der Waals surface area (Å²) in [6.07, 6.45) is -4.61. The first-order valence-corrected chi connectivity index (χ1v) is 9.99. The maximum absolute atomic E-state index is 14.1. The van der Waals surface area contributed by atoms with E-state index in [1.54, 1.807) is 6.08 Å². The predicted molar refractivity (Wildman–Crippen MR) is 104 cm³/mol. The summed E-state index contributed by atoms with van der Waals surface area (Å²) in [5.41, 5.74) is -1.86. The first kappa shape index (κ1) is 21.6. The van der Waals surface area contributed by atoms with Crippen LogP contribution in [-0.4, -0.2) is 24.1 Å². The Labute approximate surface area is 175 Å². The van der Waals surface area contributed by atoms with Crippen molar-refractivity contribution < 1.29 is 31.2 Å². The summed E-state index contributed by atoms with van der Waals surface area (Å²) in [5.74, 6) is 0.155. The Kier molecular flexibility index (Phi) is 5.26. The Balaban J connectivity index is 1.65.